The number of hydrogen-bond donors (Lipinski definition) is 2. The molecule has 2 saturated heterocycles. The SMILES string of the molecule is CC1CCC2(CCNC(=O)C2)N1C(=O)O. The summed E-state index contributed by atoms with van der Waals surface area (Å²) in [5.41, 5.74) is -0.423. The van der Waals surface area contributed by atoms with E-state index < -0.39 is 11.6 Å². The minimum Gasteiger partial charge on any atom is -0.465 e. The Morgan fingerprint density at radius 3 is 2.93 bits per heavy atom. The maximum Gasteiger partial charge on any atom is 0.408 e. The second kappa shape index (κ2) is 3.40. The monoisotopic (exact) mass is 212 g/mol. The van der Waals surface area contributed by atoms with Crippen LogP contribution in [0.1, 0.15) is 32.6 Å². The minimum atomic E-state index is -0.894. The maximum atomic E-state index is 11.4. The van der Waals surface area contributed by atoms with Crippen LogP contribution in [0.25, 0.3) is 0 Å². The summed E-state index contributed by atoms with van der Waals surface area (Å²) in [5, 5.41) is 11.9. The Morgan fingerprint density at radius 1 is 1.60 bits per heavy atom. The van der Waals surface area contributed by atoms with Crippen molar-refractivity contribution in [1.82, 2.24) is 10.2 Å². The average molecular weight is 212 g/mol. The smallest absolute Gasteiger partial charge is 0.408 e. The molecule has 1 spiro atoms. The highest BCUT2D eigenvalue weighted by molar-refractivity contribution is 5.79. The van der Waals surface area contributed by atoms with Gasteiger partial charge >= 0.3 is 6.09 Å². The molecule has 0 saturated carbocycles. The Balaban J connectivity index is 2.25. The van der Waals surface area contributed by atoms with Crippen LogP contribution in [-0.4, -0.2) is 40.1 Å². The molecular weight excluding hydrogens is 196 g/mol. The van der Waals surface area contributed by atoms with E-state index in [1.165, 1.54) is 4.90 Å². The van der Waals surface area contributed by atoms with Gasteiger partial charge in [-0.2, -0.15) is 0 Å². The number of carboxylic acid groups (broad SMARTS) is 1. The number of amides is 2. The van der Waals surface area contributed by atoms with E-state index in [0.717, 1.165) is 19.3 Å². The third kappa shape index (κ3) is 1.56. The lowest BCUT2D eigenvalue weighted by atomic mass is 9.85. The van der Waals surface area contributed by atoms with Crippen molar-refractivity contribution >= 4 is 12.0 Å². The second-order valence-corrected chi connectivity index (χ2v) is 4.54. The quantitative estimate of drug-likeness (QED) is 0.624. The predicted molar refractivity (Wildman–Crippen MR) is 53.5 cm³/mol. The molecule has 5 nitrogen and oxygen atoms in total. The Labute approximate surface area is 88.4 Å². The molecule has 2 rings (SSSR count). The Kier molecular flexibility index (Phi) is 2.32. The highest BCUT2D eigenvalue weighted by atomic mass is 16.4. The molecule has 2 heterocycles. The Morgan fingerprint density at radius 2 is 2.33 bits per heavy atom. The molecule has 0 aromatic carbocycles. The zero-order chi connectivity index (χ0) is 11.1. The van der Waals surface area contributed by atoms with E-state index in [4.69, 9.17) is 0 Å². The maximum absolute atomic E-state index is 11.4. The van der Waals surface area contributed by atoms with E-state index >= 15 is 0 Å². The van der Waals surface area contributed by atoms with E-state index in [1.54, 1.807) is 0 Å². The van der Waals surface area contributed by atoms with Crippen molar-refractivity contribution in [1.29, 1.82) is 0 Å². The normalized spacial score (nSPS) is 35.7. The number of piperidine rings is 1. The van der Waals surface area contributed by atoms with Crippen molar-refractivity contribution in [3.63, 3.8) is 0 Å². The van der Waals surface area contributed by atoms with Gasteiger partial charge in [-0.3, -0.25) is 9.69 Å². The Hall–Kier alpha value is -1.26. The van der Waals surface area contributed by atoms with Gasteiger partial charge in [0.2, 0.25) is 5.91 Å². The van der Waals surface area contributed by atoms with E-state index in [9.17, 15) is 14.7 Å². The third-order valence-electron chi connectivity index (χ3n) is 3.59. The van der Waals surface area contributed by atoms with Gasteiger partial charge in [0, 0.05) is 12.6 Å². The first-order valence-electron chi connectivity index (χ1n) is 5.34. The van der Waals surface area contributed by atoms with Gasteiger partial charge < -0.3 is 10.4 Å². The lowest BCUT2D eigenvalue weighted by molar-refractivity contribution is -0.125. The van der Waals surface area contributed by atoms with E-state index in [2.05, 4.69) is 5.32 Å². The summed E-state index contributed by atoms with van der Waals surface area (Å²) in [6.07, 6.45) is 1.85. The van der Waals surface area contributed by atoms with E-state index in [1.807, 2.05) is 6.92 Å². The van der Waals surface area contributed by atoms with Gasteiger partial charge in [-0.15, -0.1) is 0 Å². The standard InChI is InChI=1S/C10H16N2O3/c1-7-2-3-10(12(7)9(14)15)4-5-11-8(13)6-10/h7H,2-6H2,1H3,(H,11,13)(H,14,15). The van der Waals surface area contributed by atoms with Crippen LogP contribution in [0.2, 0.25) is 0 Å². The fourth-order valence-electron chi connectivity index (χ4n) is 2.89. The molecule has 2 aliphatic rings. The van der Waals surface area contributed by atoms with Crippen LogP contribution < -0.4 is 5.32 Å². The summed E-state index contributed by atoms with van der Waals surface area (Å²) in [7, 11) is 0. The molecule has 0 aromatic rings. The fraction of sp³-hybridized carbons (Fsp3) is 0.800. The van der Waals surface area contributed by atoms with Crippen molar-refractivity contribution in [2.45, 2.75) is 44.2 Å². The van der Waals surface area contributed by atoms with Crippen LogP contribution in [0.4, 0.5) is 4.79 Å². The summed E-state index contributed by atoms with van der Waals surface area (Å²) in [4.78, 5) is 24.0. The second-order valence-electron chi connectivity index (χ2n) is 4.54. The van der Waals surface area contributed by atoms with Gasteiger partial charge in [-0.05, 0) is 26.2 Å². The highest BCUT2D eigenvalue weighted by Gasteiger charge is 2.49. The number of rotatable bonds is 0. The van der Waals surface area contributed by atoms with Crippen LogP contribution in [0.5, 0.6) is 0 Å². The molecule has 2 atom stereocenters. The molecule has 2 aliphatic heterocycles. The number of likely N-dealkylation sites (tertiary alicyclic amines) is 1. The molecule has 0 aromatic heterocycles. The van der Waals surface area contributed by atoms with E-state index in [-0.39, 0.29) is 11.9 Å². The summed E-state index contributed by atoms with van der Waals surface area (Å²) < 4.78 is 0. The van der Waals surface area contributed by atoms with Gasteiger partial charge in [0.1, 0.15) is 0 Å². The first-order chi connectivity index (χ1) is 7.05. The molecular formula is C10H16N2O3. The molecule has 2 fully saturated rings. The number of carbonyl (C=O) groups is 2. The summed E-state index contributed by atoms with van der Waals surface area (Å²) in [6.45, 7) is 2.50. The van der Waals surface area contributed by atoms with Gasteiger partial charge in [-0.25, -0.2) is 4.79 Å². The van der Waals surface area contributed by atoms with Crippen LogP contribution >= 0.6 is 0 Å². The van der Waals surface area contributed by atoms with Crippen LogP contribution in [-0.2, 0) is 4.79 Å². The van der Waals surface area contributed by atoms with E-state index in [0.29, 0.717) is 13.0 Å². The Bertz CT molecular complexity index is 301. The minimum absolute atomic E-state index is 0.0263. The highest BCUT2D eigenvalue weighted by Crippen LogP contribution is 2.40. The first-order valence-corrected chi connectivity index (χ1v) is 5.34. The lowest BCUT2D eigenvalue weighted by Gasteiger charge is -2.41. The topological polar surface area (TPSA) is 69.6 Å². The largest absolute Gasteiger partial charge is 0.465 e. The van der Waals surface area contributed by atoms with Crippen molar-refractivity contribution in [3.05, 3.63) is 0 Å². The average Bonchev–Trinajstić information content (AvgIpc) is 2.43. The summed E-state index contributed by atoms with van der Waals surface area (Å²) >= 11 is 0. The molecule has 5 heteroatoms. The zero-order valence-electron chi connectivity index (χ0n) is 8.82. The fourth-order valence-corrected chi connectivity index (χ4v) is 2.89. The zero-order valence-corrected chi connectivity index (χ0v) is 8.82. The molecule has 15 heavy (non-hydrogen) atoms. The van der Waals surface area contributed by atoms with Crippen LogP contribution in [0.15, 0.2) is 0 Å². The molecule has 84 valence electrons. The predicted octanol–water partition coefficient (Wildman–Crippen LogP) is 0.797. The van der Waals surface area contributed by atoms with Gasteiger partial charge in [0.25, 0.3) is 0 Å². The lowest BCUT2D eigenvalue weighted by Crippen LogP contribution is -2.56. The van der Waals surface area contributed by atoms with Crippen LogP contribution in [0.3, 0.4) is 0 Å². The molecule has 2 amide bonds. The summed E-state index contributed by atoms with van der Waals surface area (Å²) in [6, 6.07) is 0.0356. The van der Waals surface area contributed by atoms with Crippen molar-refractivity contribution in [2.75, 3.05) is 6.54 Å². The molecule has 0 bridgehead atoms. The van der Waals surface area contributed by atoms with Crippen molar-refractivity contribution in [2.24, 2.45) is 0 Å². The van der Waals surface area contributed by atoms with Gasteiger partial charge in [0.15, 0.2) is 0 Å². The number of nitrogens with zero attached hydrogens (tertiary/aromatic N) is 1. The molecule has 0 aliphatic carbocycles. The number of carbonyl (C=O) groups excluding carboxylic acids is 1. The van der Waals surface area contributed by atoms with Crippen molar-refractivity contribution < 1.29 is 14.7 Å². The van der Waals surface area contributed by atoms with Gasteiger partial charge in [0.05, 0.1) is 12.0 Å². The number of nitrogens with one attached hydrogen (secondary N) is 1. The van der Waals surface area contributed by atoms with Gasteiger partial charge in [-0.1, -0.05) is 0 Å². The van der Waals surface area contributed by atoms with Crippen molar-refractivity contribution in [3.8, 4) is 0 Å². The molecule has 0 radical (unpaired) electrons. The number of hydrogen-bond acceptors (Lipinski definition) is 2. The van der Waals surface area contributed by atoms with Crippen LogP contribution in [0, 0.1) is 0 Å². The molecule has 2 unspecified atom stereocenters. The molecule has 2 N–H and O–H groups in total. The third-order valence-corrected chi connectivity index (χ3v) is 3.59. The first kappa shape index (κ1) is 10.3. The summed E-state index contributed by atoms with van der Waals surface area (Å²) in [5.74, 6) is -0.0263.